The molecule has 1 aromatic heterocycles. The van der Waals surface area contributed by atoms with Crippen LogP contribution in [0.15, 0.2) is 52.1 Å². The number of para-hydroxylation sites is 1. The number of aryl methyl sites for hydroxylation is 2. The molecule has 1 heterocycles. The van der Waals surface area contributed by atoms with Crippen molar-refractivity contribution in [2.75, 3.05) is 36.9 Å². The molecule has 2 aromatic carbocycles. The number of anilines is 1. The Bertz CT molecular complexity index is 1930. The van der Waals surface area contributed by atoms with Crippen LogP contribution in [0, 0.1) is 6.92 Å². The van der Waals surface area contributed by atoms with E-state index in [-0.39, 0.29) is 34.8 Å². The molecule has 300 valence electrons. The SMILES string of the molecule is CC(C)OC(=O)c1cc(-n2c(=O)cc(C(F)(F)F)n(C)c2=O)ccc1Cl.CCOCN(C(=O)CCl)c1c(C)cccc1CC.O=C(O)CNCP(=O)(O)O. The lowest BCUT2D eigenvalue weighted by atomic mass is 10.0. The van der Waals surface area contributed by atoms with Crippen LogP contribution in [0.2, 0.25) is 5.02 Å². The Morgan fingerprint density at radius 1 is 1.07 bits per heavy atom. The molecule has 3 rings (SSSR count). The molecule has 0 saturated carbocycles. The van der Waals surface area contributed by atoms with Crippen LogP contribution in [0.25, 0.3) is 5.69 Å². The molecule has 21 heteroatoms. The average molecular weight is 830 g/mol. The zero-order valence-corrected chi connectivity index (χ0v) is 32.6. The first kappa shape index (κ1) is 48.0. The van der Waals surface area contributed by atoms with Crippen LogP contribution in [0.1, 0.15) is 54.9 Å². The van der Waals surface area contributed by atoms with Crippen molar-refractivity contribution in [1.29, 1.82) is 0 Å². The van der Waals surface area contributed by atoms with E-state index >= 15 is 0 Å². The molecule has 1 amide bonds. The predicted octanol–water partition coefficient (Wildman–Crippen LogP) is 4.69. The van der Waals surface area contributed by atoms with Crippen molar-refractivity contribution < 1.29 is 56.5 Å². The number of hydrogen-bond acceptors (Lipinski definition) is 9. The predicted molar refractivity (Wildman–Crippen MR) is 196 cm³/mol. The van der Waals surface area contributed by atoms with Crippen LogP contribution in [0.5, 0.6) is 0 Å². The minimum Gasteiger partial charge on any atom is -0.480 e. The highest BCUT2D eigenvalue weighted by molar-refractivity contribution is 7.51. The number of carbonyl (C=O) groups excluding carboxylic acids is 2. The molecule has 4 N–H and O–H groups in total. The van der Waals surface area contributed by atoms with Crippen LogP contribution >= 0.6 is 30.8 Å². The van der Waals surface area contributed by atoms with E-state index in [1.54, 1.807) is 18.7 Å². The molecule has 0 bridgehead atoms. The second kappa shape index (κ2) is 21.8. The topological polar surface area (TPSA) is 207 Å². The summed E-state index contributed by atoms with van der Waals surface area (Å²) in [5.41, 5.74) is -0.880. The van der Waals surface area contributed by atoms with Crippen molar-refractivity contribution in [1.82, 2.24) is 14.5 Å². The number of carbonyl (C=O) groups is 3. The van der Waals surface area contributed by atoms with Gasteiger partial charge in [-0.2, -0.15) is 13.2 Å². The first-order valence-electron chi connectivity index (χ1n) is 15.9. The number of esters is 1. The molecule has 0 aliphatic rings. The minimum atomic E-state index is -4.86. The highest BCUT2D eigenvalue weighted by Crippen LogP contribution is 2.32. The van der Waals surface area contributed by atoms with Gasteiger partial charge in [0.15, 0.2) is 0 Å². The monoisotopic (exact) mass is 828 g/mol. The van der Waals surface area contributed by atoms with E-state index in [0.29, 0.717) is 21.8 Å². The molecule has 0 aliphatic carbocycles. The van der Waals surface area contributed by atoms with Gasteiger partial charge in [-0.25, -0.2) is 14.2 Å². The maximum Gasteiger partial charge on any atom is 0.431 e. The number of rotatable bonds is 13. The molecule has 0 radical (unpaired) electrons. The van der Waals surface area contributed by atoms with E-state index in [1.165, 1.54) is 12.1 Å². The molecular weight excluding hydrogens is 787 g/mol. The lowest BCUT2D eigenvalue weighted by Gasteiger charge is -2.25. The zero-order valence-electron chi connectivity index (χ0n) is 30.1. The van der Waals surface area contributed by atoms with Gasteiger partial charge in [-0.3, -0.25) is 33.7 Å². The molecule has 0 unspecified atom stereocenters. The van der Waals surface area contributed by atoms with Crippen molar-refractivity contribution in [3.8, 4) is 5.69 Å². The summed E-state index contributed by atoms with van der Waals surface area (Å²) < 4.78 is 60.0. The number of benzene rings is 2. The zero-order chi connectivity index (χ0) is 41.6. The number of halogens is 5. The summed E-state index contributed by atoms with van der Waals surface area (Å²) in [6.45, 7) is 9.58. The fourth-order valence-electron chi connectivity index (χ4n) is 4.44. The van der Waals surface area contributed by atoms with Gasteiger partial charge in [0.2, 0.25) is 5.91 Å². The van der Waals surface area contributed by atoms with Crippen LogP contribution < -0.4 is 21.5 Å². The van der Waals surface area contributed by atoms with Gasteiger partial charge in [0.25, 0.3) is 5.56 Å². The summed E-state index contributed by atoms with van der Waals surface area (Å²) in [6.07, 6.45) is -5.03. The Morgan fingerprint density at radius 3 is 2.20 bits per heavy atom. The van der Waals surface area contributed by atoms with Crippen molar-refractivity contribution in [2.45, 2.75) is 53.3 Å². The van der Waals surface area contributed by atoms with Crippen LogP contribution in [0.3, 0.4) is 0 Å². The molecule has 0 aliphatic heterocycles. The van der Waals surface area contributed by atoms with Crippen LogP contribution in [0.4, 0.5) is 18.9 Å². The molecule has 15 nitrogen and oxygen atoms in total. The third kappa shape index (κ3) is 15.0. The largest absolute Gasteiger partial charge is 0.480 e. The number of alkyl halides is 4. The van der Waals surface area contributed by atoms with Crippen LogP contribution in [-0.4, -0.2) is 80.0 Å². The summed E-state index contributed by atoms with van der Waals surface area (Å²) in [5.74, 6) is -2.10. The van der Waals surface area contributed by atoms with E-state index in [1.807, 2.05) is 32.0 Å². The number of hydrogen-bond donors (Lipinski definition) is 4. The van der Waals surface area contributed by atoms with Gasteiger partial charge in [-0.05, 0) is 63.4 Å². The fourth-order valence-corrected chi connectivity index (χ4v) is 5.18. The smallest absolute Gasteiger partial charge is 0.431 e. The second-order valence-corrected chi connectivity index (χ2v) is 13.6. The maximum atomic E-state index is 12.9. The molecule has 54 heavy (non-hydrogen) atoms. The molecule has 0 fully saturated rings. The summed E-state index contributed by atoms with van der Waals surface area (Å²) >= 11 is 11.6. The van der Waals surface area contributed by atoms with E-state index in [2.05, 4.69) is 12.2 Å². The summed E-state index contributed by atoms with van der Waals surface area (Å²) in [4.78, 5) is 76.2. The van der Waals surface area contributed by atoms with E-state index in [0.717, 1.165) is 36.3 Å². The number of carboxylic acids is 1. The maximum absolute atomic E-state index is 12.9. The van der Waals surface area contributed by atoms with Crippen molar-refractivity contribution in [3.05, 3.63) is 90.7 Å². The molecule has 0 spiro atoms. The third-order valence-electron chi connectivity index (χ3n) is 6.79. The number of ether oxygens (including phenoxy) is 2. The van der Waals surface area contributed by atoms with E-state index < -0.39 is 61.6 Å². The van der Waals surface area contributed by atoms with Gasteiger partial charge in [0, 0.05) is 19.7 Å². The normalized spacial score (nSPS) is 11.2. The standard InChI is InChI=1S/C16H14ClF3N2O4.C14H20ClNO2.C3H8NO5P/c1-8(2)26-14(24)10-6-9(4-5-11(10)17)22-13(23)7-12(16(18,19)20)21(3)15(22)25;1-4-12-8-6-7-11(3)14(12)16(10-18-5-2)13(17)9-15;5-3(6)1-4-2-10(7,8)9/h4-8H,1-3H3;6-8H,4-5,9-10H2,1-3H3;4H,1-2H2,(H,5,6)(H2,7,8,9). The van der Waals surface area contributed by atoms with Crippen LogP contribution in [-0.2, 0) is 43.3 Å². The number of aromatic nitrogens is 2. The Labute approximate surface area is 318 Å². The van der Waals surface area contributed by atoms with Gasteiger partial charge < -0.3 is 24.4 Å². The Hall–Kier alpha value is -4.03. The van der Waals surface area contributed by atoms with Gasteiger partial charge in [0.1, 0.15) is 18.3 Å². The van der Waals surface area contributed by atoms with Crippen molar-refractivity contribution in [2.24, 2.45) is 7.05 Å². The Kier molecular flexibility index (Phi) is 19.3. The first-order chi connectivity index (χ1) is 25.0. The average Bonchev–Trinajstić information content (AvgIpc) is 3.06. The van der Waals surface area contributed by atoms with Crippen molar-refractivity contribution >= 4 is 54.3 Å². The fraction of sp³-hybridized carbons (Fsp3) is 0.424. The number of nitrogens with one attached hydrogen (secondary N) is 1. The van der Waals surface area contributed by atoms with E-state index in [9.17, 15) is 41.7 Å². The van der Waals surface area contributed by atoms with Gasteiger partial charge in [0.05, 0.1) is 40.9 Å². The number of aliphatic carboxylic acids is 1. The van der Waals surface area contributed by atoms with Crippen molar-refractivity contribution in [3.63, 3.8) is 0 Å². The number of nitrogens with zero attached hydrogens (tertiary/aromatic N) is 3. The van der Waals surface area contributed by atoms with Gasteiger partial charge >= 0.3 is 31.4 Å². The third-order valence-corrected chi connectivity index (χ3v) is 7.98. The lowest BCUT2D eigenvalue weighted by Crippen LogP contribution is -2.40. The summed E-state index contributed by atoms with van der Waals surface area (Å²) in [6, 6.07) is 9.94. The Morgan fingerprint density at radius 2 is 1.70 bits per heavy atom. The first-order valence-corrected chi connectivity index (χ1v) is 18.6. The number of carboxylic acid groups (broad SMARTS) is 1. The highest BCUT2D eigenvalue weighted by atomic mass is 35.5. The second-order valence-electron chi connectivity index (χ2n) is 11.3. The van der Waals surface area contributed by atoms with Gasteiger partial charge in [-0.15, -0.1) is 11.6 Å². The molecule has 3 aromatic rings. The highest BCUT2D eigenvalue weighted by Gasteiger charge is 2.35. The number of amides is 1. The van der Waals surface area contributed by atoms with Gasteiger partial charge in [-0.1, -0.05) is 36.7 Å². The van der Waals surface area contributed by atoms with E-state index in [4.69, 9.17) is 47.6 Å². The minimum absolute atomic E-state index is 0.0104. The molecular formula is C33H42Cl2F3N4O11P. The quantitative estimate of drug-likeness (QED) is 0.0802. The summed E-state index contributed by atoms with van der Waals surface area (Å²) in [7, 11) is -3.20. The lowest BCUT2D eigenvalue weighted by molar-refractivity contribution is -0.144. The Balaban J connectivity index is 0.000000451. The molecule has 0 saturated heterocycles. The summed E-state index contributed by atoms with van der Waals surface area (Å²) in [5, 5.41) is 10.1. The molecule has 0 atom stereocenters.